The Labute approximate surface area is 160 Å². The van der Waals surface area contributed by atoms with E-state index in [4.69, 9.17) is 0 Å². The van der Waals surface area contributed by atoms with Gasteiger partial charge in [-0.25, -0.2) is 12.8 Å². The van der Waals surface area contributed by atoms with E-state index < -0.39 is 27.8 Å². The number of sulfonamides is 1. The molecule has 1 amide bonds. The standard InChI is InChI=1S/C20H25FN2O3S/c1-13-6-7-17(12-14(13)2)15(3)22-20(24)16(4)23(27(5,25)26)19-10-8-18(21)9-11-19/h6-12,15-16H,1-5H3,(H,22,24)/t15-,16+/m0/s1. The number of halogens is 1. The number of carbonyl (C=O) groups excluding carboxylic acids is 1. The maximum atomic E-state index is 13.2. The number of carbonyl (C=O) groups is 1. The van der Waals surface area contributed by atoms with E-state index in [-0.39, 0.29) is 11.7 Å². The fourth-order valence-corrected chi connectivity index (χ4v) is 4.02. The van der Waals surface area contributed by atoms with Crippen molar-refractivity contribution in [3.8, 4) is 0 Å². The first-order valence-corrected chi connectivity index (χ1v) is 10.5. The Kier molecular flexibility index (Phi) is 6.26. The first-order chi connectivity index (χ1) is 12.5. The zero-order valence-electron chi connectivity index (χ0n) is 16.2. The molecule has 1 N–H and O–H groups in total. The van der Waals surface area contributed by atoms with Crippen LogP contribution in [0.5, 0.6) is 0 Å². The number of nitrogens with zero attached hydrogens (tertiary/aromatic N) is 1. The van der Waals surface area contributed by atoms with Crippen molar-refractivity contribution in [2.75, 3.05) is 10.6 Å². The Morgan fingerprint density at radius 1 is 1.04 bits per heavy atom. The average molecular weight is 392 g/mol. The first-order valence-electron chi connectivity index (χ1n) is 8.63. The van der Waals surface area contributed by atoms with Crippen molar-refractivity contribution in [1.29, 1.82) is 0 Å². The summed E-state index contributed by atoms with van der Waals surface area (Å²) in [5.41, 5.74) is 3.45. The fraction of sp³-hybridized carbons (Fsp3) is 0.350. The van der Waals surface area contributed by atoms with E-state index in [9.17, 15) is 17.6 Å². The highest BCUT2D eigenvalue weighted by Crippen LogP contribution is 2.22. The Morgan fingerprint density at radius 2 is 1.63 bits per heavy atom. The predicted molar refractivity (Wildman–Crippen MR) is 106 cm³/mol. The lowest BCUT2D eigenvalue weighted by molar-refractivity contribution is -0.122. The third-order valence-electron chi connectivity index (χ3n) is 4.56. The topological polar surface area (TPSA) is 66.5 Å². The molecule has 0 unspecified atom stereocenters. The van der Waals surface area contributed by atoms with Crippen LogP contribution < -0.4 is 9.62 Å². The number of rotatable bonds is 6. The van der Waals surface area contributed by atoms with Gasteiger partial charge in [0.15, 0.2) is 0 Å². The quantitative estimate of drug-likeness (QED) is 0.819. The van der Waals surface area contributed by atoms with Gasteiger partial charge < -0.3 is 5.32 Å². The molecule has 7 heteroatoms. The van der Waals surface area contributed by atoms with E-state index in [0.29, 0.717) is 0 Å². The van der Waals surface area contributed by atoms with E-state index in [1.54, 1.807) is 0 Å². The van der Waals surface area contributed by atoms with Gasteiger partial charge in [-0.3, -0.25) is 9.10 Å². The van der Waals surface area contributed by atoms with Crippen LogP contribution in [-0.4, -0.2) is 26.6 Å². The average Bonchev–Trinajstić information content (AvgIpc) is 2.57. The Balaban J connectivity index is 2.24. The molecule has 0 aromatic heterocycles. The molecule has 0 aliphatic heterocycles. The number of hydrogen-bond donors (Lipinski definition) is 1. The molecule has 0 fully saturated rings. The summed E-state index contributed by atoms with van der Waals surface area (Å²) in [6.07, 6.45) is 1.02. The van der Waals surface area contributed by atoms with Gasteiger partial charge in [0.2, 0.25) is 15.9 Å². The third-order valence-corrected chi connectivity index (χ3v) is 5.80. The lowest BCUT2D eigenvalue weighted by Crippen LogP contribution is -2.48. The molecule has 0 spiro atoms. The van der Waals surface area contributed by atoms with Crippen LogP contribution in [0.2, 0.25) is 0 Å². The van der Waals surface area contributed by atoms with E-state index in [1.165, 1.54) is 19.1 Å². The van der Waals surface area contributed by atoms with Crippen LogP contribution in [0.3, 0.4) is 0 Å². The van der Waals surface area contributed by atoms with Crippen molar-refractivity contribution < 1.29 is 17.6 Å². The second-order valence-corrected chi connectivity index (χ2v) is 8.64. The molecule has 0 aliphatic carbocycles. The molecule has 2 atom stereocenters. The second-order valence-electron chi connectivity index (χ2n) is 6.79. The first kappa shape index (κ1) is 20.9. The van der Waals surface area contributed by atoms with Crippen LogP contribution in [0.15, 0.2) is 42.5 Å². The van der Waals surface area contributed by atoms with Gasteiger partial charge in [-0.1, -0.05) is 18.2 Å². The van der Waals surface area contributed by atoms with Gasteiger partial charge in [-0.05, 0) is 68.7 Å². The van der Waals surface area contributed by atoms with Crippen molar-refractivity contribution in [3.63, 3.8) is 0 Å². The number of anilines is 1. The molecule has 0 bridgehead atoms. The summed E-state index contributed by atoms with van der Waals surface area (Å²) < 4.78 is 38.7. The fourth-order valence-electron chi connectivity index (χ4n) is 2.85. The van der Waals surface area contributed by atoms with Crippen LogP contribution in [-0.2, 0) is 14.8 Å². The Morgan fingerprint density at radius 3 is 2.15 bits per heavy atom. The maximum Gasteiger partial charge on any atom is 0.244 e. The molecule has 27 heavy (non-hydrogen) atoms. The highest BCUT2D eigenvalue weighted by Gasteiger charge is 2.29. The summed E-state index contributed by atoms with van der Waals surface area (Å²) in [5.74, 6) is -0.914. The van der Waals surface area contributed by atoms with Crippen molar-refractivity contribution in [2.45, 2.75) is 39.8 Å². The van der Waals surface area contributed by atoms with E-state index in [0.717, 1.165) is 39.4 Å². The predicted octanol–water partition coefficient (Wildman–Crippen LogP) is 3.47. The van der Waals surface area contributed by atoms with Gasteiger partial charge in [0, 0.05) is 0 Å². The number of hydrogen-bond acceptors (Lipinski definition) is 3. The van der Waals surface area contributed by atoms with Gasteiger partial charge >= 0.3 is 0 Å². The molecule has 146 valence electrons. The smallest absolute Gasteiger partial charge is 0.244 e. The van der Waals surface area contributed by atoms with Gasteiger partial charge in [-0.2, -0.15) is 0 Å². The lowest BCUT2D eigenvalue weighted by atomic mass is 10.0. The molecule has 0 saturated carbocycles. The molecular weight excluding hydrogens is 367 g/mol. The summed E-state index contributed by atoms with van der Waals surface area (Å²) in [5, 5.41) is 2.86. The minimum atomic E-state index is -3.74. The van der Waals surface area contributed by atoms with Crippen molar-refractivity contribution in [3.05, 3.63) is 65.0 Å². The largest absolute Gasteiger partial charge is 0.348 e. The van der Waals surface area contributed by atoms with Crippen LogP contribution >= 0.6 is 0 Å². The molecule has 0 aliphatic rings. The zero-order chi connectivity index (χ0) is 20.4. The second kappa shape index (κ2) is 8.08. The summed E-state index contributed by atoms with van der Waals surface area (Å²) >= 11 is 0. The van der Waals surface area contributed by atoms with Gasteiger partial charge in [-0.15, -0.1) is 0 Å². The van der Waals surface area contributed by atoms with Gasteiger partial charge in [0.25, 0.3) is 0 Å². The van der Waals surface area contributed by atoms with Crippen molar-refractivity contribution in [2.24, 2.45) is 0 Å². The molecule has 2 rings (SSSR count). The Bertz CT molecular complexity index is 927. The van der Waals surface area contributed by atoms with Crippen LogP contribution in [0.1, 0.15) is 36.6 Å². The molecule has 0 radical (unpaired) electrons. The van der Waals surface area contributed by atoms with Crippen LogP contribution in [0.25, 0.3) is 0 Å². The summed E-state index contributed by atoms with van der Waals surface area (Å²) in [6.45, 7) is 7.36. The molecule has 0 saturated heterocycles. The minimum Gasteiger partial charge on any atom is -0.348 e. The van der Waals surface area contributed by atoms with Crippen LogP contribution in [0, 0.1) is 19.7 Å². The SMILES string of the molecule is Cc1ccc([C@H](C)NC(=O)[C@@H](C)N(c2ccc(F)cc2)S(C)(=O)=O)cc1C. The number of nitrogens with one attached hydrogen (secondary N) is 1. The van der Waals surface area contributed by atoms with E-state index in [2.05, 4.69) is 5.32 Å². The minimum absolute atomic E-state index is 0.236. The molecule has 5 nitrogen and oxygen atoms in total. The van der Waals surface area contributed by atoms with Gasteiger partial charge in [0.1, 0.15) is 11.9 Å². The number of aryl methyl sites for hydroxylation is 2. The normalized spacial score (nSPS) is 13.7. The molecule has 2 aromatic carbocycles. The summed E-state index contributed by atoms with van der Waals surface area (Å²) in [4.78, 5) is 12.7. The molecule has 0 heterocycles. The Hall–Kier alpha value is -2.41. The molecular formula is C20H25FN2O3S. The lowest BCUT2D eigenvalue weighted by Gasteiger charge is -2.29. The number of amides is 1. The van der Waals surface area contributed by atoms with Crippen molar-refractivity contribution in [1.82, 2.24) is 5.32 Å². The van der Waals surface area contributed by atoms with E-state index in [1.807, 2.05) is 39.0 Å². The molecule has 2 aromatic rings. The van der Waals surface area contributed by atoms with Crippen LogP contribution in [0.4, 0.5) is 10.1 Å². The van der Waals surface area contributed by atoms with Gasteiger partial charge in [0.05, 0.1) is 18.0 Å². The number of benzene rings is 2. The monoisotopic (exact) mass is 392 g/mol. The highest BCUT2D eigenvalue weighted by molar-refractivity contribution is 7.92. The highest BCUT2D eigenvalue weighted by atomic mass is 32.2. The summed E-state index contributed by atoms with van der Waals surface area (Å²) in [7, 11) is -3.74. The summed E-state index contributed by atoms with van der Waals surface area (Å²) in [6, 6.07) is 9.66. The zero-order valence-corrected chi connectivity index (χ0v) is 17.0. The maximum absolute atomic E-state index is 13.2. The van der Waals surface area contributed by atoms with E-state index >= 15 is 0 Å². The third kappa shape index (κ3) is 5.07. The van der Waals surface area contributed by atoms with Crippen molar-refractivity contribution >= 4 is 21.6 Å².